The van der Waals surface area contributed by atoms with Crippen molar-refractivity contribution in [1.82, 2.24) is 0 Å². The van der Waals surface area contributed by atoms with E-state index in [2.05, 4.69) is 0 Å². The van der Waals surface area contributed by atoms with Crippen LogP contribution in [0.25, 0.3) is 6.08 Å². The standard InChI is InChI=1S/C15H12OS3/c1-11-6-8-12(9-7-11)14(16)5-3-2-4-13-10-15(17)19-18-13/h2-10H,1H3/b4-2+,5-3+. The van der Waals surface area contributed by atoms with Crippen LogP contribution in [0.1, 0.15) is 20.8 Å². The van der Waals surface area contributed by atoms with Gasteiger partial charge in [0.2, 0.25) is 0 Å². The fraction of sp³-hybridized carbons (Fsp3) is 0.0667. The molecule has 0 aliphatic carbocycles. The second kappa shape index (κ2) is 6.70. The first-order valence-corrected chi connectivity index (χ1v) is 8.27. The Morgan fingerprint density at radius 2 is 1.89 bits per heavy atom. The molecule has 1 nitrogen and oxygen atoms in total. The third kappa shape index (κ3) is 4.35. The maximum absolute atomic E-state index is 11.8. The molecule has 0 saturated carbocycles. The van der Waals surface area contributed by atoms with Gasteiger partial charge in [0.15, 0.2) is 5.78 Å². The molecule has 0 fully saturated rings. The fourth-order valence-corrected chi connectivity index (χ4v) is 3.66. The Balaban J connectivity index is 1.99. The third-order valence-corrected chi connectivity index (χ3v) is 5.30. The summed E-state index contributed by atoms with van der Waals surface area (Å²) in [6.07, 6.45) is 7.15. The first-order valence-electron chi connectivity index (χ1n) is 5.71. The van der Waals surface area contributed by atoms with Crippen molar-refractivity contribution in [1.29, 1.82) is 0 Å². The topological polar surface area (TPSA) is 17.1 Å². The Bertz CT molecular complexity index is 672. The van der Waals surface area contributed by atoms with Gasteiger partial charge in [0.1, 0.15) is 3.82 Å². The van der Waals surface area contributed by atoms with Crippen LogP contribution in [0.2, 0.25) is 0 Å². The predicted octanol–water partition coefficient (Wildman–Crippen LogP) is 5.30. The molecular formula is C15H12OS3. The van der Waals surface area contributed by atoms with E-state index in [1.165, 1.54) is 0 Å². The monoisotopic (exact) mass is 304 g/mol. The summed E-state index contributed by atoms with van der Waals surface area (Å²) in [4.78, 5) is 13.0. The van der Waals surface area contributed by atoms with E-state index in [4.69, 9.17) is 12.2 Å². The Morgan fingerprint density at radius 1 is 1.16 bits per heavy atom. The number of benzene rings is 1. The number of hydrogen-bond acceptors (Lipinski definition) is 4. The van der Waals surface area contributed by atoms with Gasteiger partial charge in [-0.15, -0.1) is 0 Å². The molecule has 0 aliphatic rings. The molecule has 4 heteroatoms. The predicted molar refractivity (Wildman–Crippen MR) is 86.7 cm³/mol. The van der Waals surface area contributed by atoms with Crippen molar-refractivity contribution >= 4 is 44.8 Å². The molecule has 19 heavy (non-hydrogen) atoms. The zero-order valence-corrected chi connectivity index (χ0v) is 12.8. The molecule has 1 aromatic carbocycles. The molecule has 1 aromatic heterocycles. The van der Waals surface area contributed by atoms with E-state index in [0.717, 1.165) is 14.3 Å². The highest BCUT2D eigenvalue weighted by atomic mass is 32.9. The second-order valence-electron chi connectivity index (χ2n) is 3.98. The number of rotatable bonds is 4. The highest BCUT2D eigenvalue weighted by Gasteiger charge is 1.99. The van der Waals surface area contributed by atoms with E-state index in [1.54, 1.807) is 32.8 Å². The molecule has 96 valence electrons. The summed E-state index contributed by atoms with van der Waals surface area (Å²) in [6, 6.07) is 9.52. The number of ketones is 1. The molecule has 0 unspecified atom stereocenters. The van der Waals surface area contributed by atoms with Crippen molar-refractivity contribution < 1.29 is 4.79 Å². The van der Waals surface area contributed by atoms with Crippen LogP contribution in [-0.2, 0) is 0 Å². The minimum Gasteiger partial charge on any atom is -0.289 e. The van der Waals surface area contributed by atoms with Crippen molar-refractivity contribution in [3.05, 3.63) is 68.4 Å². The van der Waals surface area contributed by atoms with Gasteiger partial charge in [-0.3, -0.25) is 4.79 Å². The summed E-state index contributed by atoms with van der Waals surface area (Å²) in [6.45, 7) is 2.00. The van der Waals surface area contributed by atoms with Crippen LogP contribution in [0.15, 0.2) is 48.6 Å². The molecule has 0 aliphatic heterocycles. The number of carbonyl (C=O) groups excluding carboxylic acids is 1. The third-order valence-electron chi connectivity index (χ3n) is 2.44. The zero-order chi connectivity index (χ0) is 13.7. The number of carbonyl (C=O) groups is 1. The van der Waals surface area contributed by atoms with Gasteiger partial charge in [0.05, 0.1) is 0 Å². The maximum atomic E-state index is 11.8. The highest BCUT2D eigenvalue weighted by molar-refractivity contribution is 7.79. The number of aryl methyl sites for hydroxylation is 1. The summed E-state index contributed by atoms with van der Waals surface area (Å²) in [7, 11) is 3.22. The van der Waals surface area contributed by atoms with E-state index in [0.29, 0.717) is 5.56 Å². The Kier molecular flexibility index (Phi) is 4.96. The van der Waals surface area contributed by atoms with Gasteiger partial charge in [0.25, 0.3) is 0 Å². The average Bonchev–Trinajstić information content (AvgIpc) is 2.81. The maximum Gasteiger partial charge on any atom is 0.185 e. The molecule has 2 aromatic rings. The molecule has 1 heterocycles. The summed E-state index contributed by atoms with van der Waals surface area (Å²) >= 11 is 5.05. The lowest BCUT2D eigenvalue weighted by Crippen LogP contribution is -1.93. The van der Waals surface area contributed by atoms with Gasteiger partial charge in [-0.2, -0.15) is 0 Å². The number of hydrogen-bond donors (Lipinski definition) is 0. The van der Waals surface area contributed by atoms with Gasteiger partial charge in [-0.1, -0.05) is 74.9 Å². The van der Waals surface area contributed by atoms with Crippen LogP contribution in [0, 0.1) is 10.7 Å². The lowest BCUT2D eigenvalue weighted by molar-refractivity contribution is 0.104. The van der Waals surface area contributed by atoms with Gasteiger partial charge < -0.3 is 0 Å². The smallest absolute Gasteiger partial charge is 0.185 e. The lowest BCUT2D eigenvalue weighted by atomic mass is 10.1. The van der Waals surface area contributed by atoms with Crippen molar-refractivity contribution in [3.8, 4) is 0 Å². The quantitative estimate of drug-likeness (QED) is 0.251. The first-order chi connectivity index (χ1) is 9.15. The normalized spacial score (nSPS) is 11.4. The molecule has 0 saturated heterocycles. The van der Waals surface area contributed by atoms with Crippen molar-refractivity contribution in [2.45, 2.75) is 6.92 Å². The lowest BCUT2D eigenvalue weighted by Gasteiger charge is -1.95. The van der Waals surface area contributed by atoms with Gasteiger partial charge in [-0.25, -0.2) is 0 Å². The first kappa shape index (κ1) is 14.1. The van der Waals surface area contributed by atoms with Crippen molar-refractivity contribution in [3.63, 3.8) is 0 Å². The van der Waals surface area contributed by atoms with E-state index < -0.39 is 0 Å². The van der Waals surface area contributed by atoms with E-state index in [-0.39, 0.29) is 5.78 Å². The average molecular weight is 304 g/mol. The molecule has 0 atom stereocenters. The largest absolute Gasteiger partial charge is 0.289 e. The minimum absolute atomic E-state index is 0.0163. The van der Waals surface area contributed by atoms with Crippen LogP contribution in [0.3, 0.4) is 0 Å². The summed E-state index contributed by atoms with van der Waals surface area (Å²) in [5.41, 5.74) is 1.86. The van der Waals surface area contributed by atoms with Crippen LogP contribution in [0.4, 0.5) is 0 Å². The van der Waals surface area contributed by atoms with E-state index >= 15 is 0 Å². The summed E-state index contributed by atoms with van der Waals surface area (Å²) in [5, 5.41) is 0. The minimum atomic E-state index is 0.0163. The van der Waals surface area contributed by atoms with Crippen LogP contribution >= 0.6 is 32.9 Å². The van der Waals surface area contributed by atoms with Crippen LogP contribution in [0.5, 0.6) is 0 Å². The number of allylic oxidation sites excluding steroid dienone is 3. The van der Waals surface area contributed by atoms with E-state index in [1.807, 2.05) is 49.4 Å². The van der Waals surface area contributed by atoms with Gasteiger partial charge in [0, 0.05) is 10.4 Å². The van der Waals surface area contributed by atoms with Crippen molar-refractivity contribution in [2.75, 3.05) is 0 Å². The summed E-state index contributed by atoms with van der Waals surface area (Å²) < 4.78 is 0.893. The molecular weight excluding hydrogens is 292 g/mol. The molecule has 0 spiro atoms. The molecule has 0 N–H and O–H groups in total. The van der Waals surface area contributed by atoms with Crippen LogP contribution in [-0.4, -0.2) is 5.78 Å². The fourth-order valence-electron chi connectivity index (χ4n) is 1.44. The van der Waals surface area contributed by atoms with Crippen LogP contribution < -0.4 is 0 Å². The molecule has 0 radical (unpaired) electrons. The summed E-state index contributed by atoms with van der Waals surface area (Å²) in [5.74, 6) is 0.0163. The highest BCUT2D eigenvalue weighted by Crippen LogP contribution is 2.19. The molecule has 0 bridgehead atoms. The Morgan fingerprint density at radius 3 is 2.53 bits per heavy atom. The Labute approximate surface area is 124 Å². The zero-order valence-electron chi connectivity index (χ0n) is 10.3. The SMILES string of the molecule is Cc1ccc(C(=O)/C=C/C=C/c2cc(=S)ss2)cc1. The second-order valence-corrected chi connectivity index (χ2v) is 6.92. The van der Waals surface area contributed by atoms with E-state index in [9.17, 15) is 4.79 Å². The van der Waals surface area contributed by atoms with Gasteiger partial charge in [-0.05, 0) is 25.1 Å². The molecule has 2 rings (SSSR count). The van der Waals surface area contributed by atoms with Crippen molar-refractivity contribution in [2.24, 2.45) is 0 Å². The Hall–Kier alpha value is -1.36. The van der Waals surface area contributed by atoms with Gasteiger partial charge >= 0.3 is 0 Å². The molecule has 0 amide bonds.